The predicted molar refractivity (Wildman–Crippen MR) is 96.9 cm³/mol. The van der Waals surface area contributed by atoms with Gasteiger partial charge in [0.15, 0.2) is 0 Å². The number of halogens is 1. The summed E-state index contributed by atoms with van der Waals surface area (Å²) in [6.45, 7) is 3.12. The van der Waals surface area contributed by atoms with Crippen LogP contribution in [-0.4, -0.2) is 21.5 Å². The minimum Gasteiger partial charge on any atom is -0.366 e. The Morgan fingerprint density at radius 1 is 1.04 bits per heavy atom. The SMILES string of the molecule is Cc1cc(NCc2cccnc2)nc(NCCc2ccccc2F)n1. The number of nitrogens with zero attached hydrogens (tertiary/aromatic N) is 3. The average molecular weight is 337 g/mol. The van der Waals surface area contributed by atoms with Crippen LogP contribution in [0.3, 0.4) is 0 Å². The fourth-order valence-electron chi connectivity index (χ4n) is 2.44. The van der Waals surface area contributed by atoms with Gasteiger partial charge in [-0.15, -0.1) is 0 Å². The van der Waals surface area contributed by atoms with E-state index in [1.807, 2.05) is 37.4 Å². The predicted octanol–water partition coefficient (Wildman–Crippen LogP) is 3.59. The molecule has 0 amide bonds. The maximum absolute atomic E-state index is 13.6. The van der Waals surface area contributed by atoms with E-state index < -0.39 is 0 Å². The van der Waals surface area contributed by atoms with Crippen LogP contribution >= 0.6 is 0 Å². The molecule has 0 aliphatic heterocycles. The average Bonchev–Trinajstić information content (AvgIpc) is 2.62. The molecule has 0 radical (unpaired) electrons. The number of pyridine rings is 1. The van der Waals surface area contributed by atoms with Gasteiger partial charge in [-0.3, -0.25) is 4.98 Å². The Balaban J connectivity index is 1.58. The largest absolute Gasteiger partial charge is 0.366 e. The number of hydrogen-bond acceptors (Lipinski definition) is 5. The first kappa shape index (κ1) is 16.8. The van der Waals surface area contributed by atoms with E-state index in [-0.39, 0.29) is 5.82 Å². The Bertz CT molecular complexity index is 823. The first-order chi connectivity index (χ1) is 12.2. The molecule has 2 N–H and O–H groups in total. The summed E-state index contributed by atoms with van der Waals surface area (Å²) in [5, 5.41) is 6.43. The Hall–Kier alpha value is -3.02. The molecule has 0 saturated carbocycles. The first-order valence-corrected chi connectivity index (χ1v) is 8.16. The summed E-state index contributed by atoms with van der Waals surface area (Å²) in [5.74, 6) is 1.09. The Morgan fingerprint density at radius 3 is 2.72 bits per heavy atom. The summed E-state index contributed by atoms with van der Waals surface area (Å²) in [7, 11) is 0. The monoisotopic (exact) mass is 337 g/mol. The van der Waals surface area contributed by atoms with Crippen molar-refractivity contribution in [3.63, 3.8) is 0 Å². The molecule has 5 nitrogen and oxygen atoms in total. The molecule has 0 atom stereocenters. The lowest BCUT2D eigenvalue weighted by molar-refractivity contribution is 0.610. The normalized spacial score (nSPS) is 10.5. The van der Waals surface area contributed by atoms with Gasteiger partial charge in [-0.25, -0.2) is 9.37 Å². The zero-order chi connectivity index (χ0) is 17.5. The van der Waals surface area contributed by atoms with Crippen molar-refractivity contribution in [2.45, 2.75) is 19.9 Å². The van der Waals surface area contributed by atoms with Crippen molar-refractivity contribution >= 4 is 11.8 Å². The van der Waals surface area contributed by atoms with Crippen molar-refractivity contribution in [1.29, 1.82) is 0 Å². The summed E-state index contributed by atoms with van der Waals surface area (Å²) in [4.78, 5) is 12.9. The smallest absolute Gasteiger partial charge is 0.224 e. The number of aryl methyl sites for hydroxylation is 1. The molecule has 0 aliphatic carbocycles. The molecule has 3 aromatic rings. The molecular formula is C19H20FN5. The molecule has 0 bridgehead atoms. The highest BCUT2D eigenvalue weighted by atomic mass is 19.1. The van der Waals surface area contributed by atoms with Gasteiger partial charge in [-0.05, 0) is 36.6 Å². The fourth-order valence-corrected chi connectivity index (χ4v) is 2.44. The maximum atomic E-state index is 13.6. The third-order valence-corrected chi connectivity index (χ3v) is 3.69. The second-order valence-electron chi connectivity index (χ2n) is 5.70. The molecule has 0 unspecified atom stereocenters. The zero-order valence-electron chi connectivity index (χ0n) is 14.0. The summed E-state index contributed by atoms with van der Waals surface area (Å²) >= 11 is 0. The number of hydrogen-bond donors (Lipinski definition) is 2. The lowest BCUT2D eigenvalue weighted by atomic mass is 10.1. The molecule has 2 heterocycles. The standard InChI is InChI=1S/C19H20FN5/c1-14-11-18(23-13-15-5-4-9-21-12-15)25-19(24-14)22-10-8-16-6-2-3-7-17(16)20/h2-7,9,11-12H,8,10,13H2,1H3,(H2,22,23,24,25). The number of aromatic nitrogens is 3. The van der Waals surface area contributed by atoms with Crippen molar-refractivity contribution in [3.05, 3.63) is 77.5 Å². The molecule has 0 saturated heterocycles. The second kappa shape index (κ2) is 8.19. The maximum Gasteiger partial charge on any atom is 0.224 e. The topological polar surface area (TPSA) is 62.7 Å². The molecule has 25 heavy (non-hydrogen) atoms. The summed E-state index contributed by atoms with van der Waals surface area (Å²) in [5.41, 5.74) is 2.61. The van der Waals surface area contributed by atoms with Crippen molar-refractivity contribution in [1.82, 2.24) is 15.0 Å². The Labute approximate surface area is 146 Å². The summed E-state index contributed by atoms with van der Waals surface area (Å²) in [6.07, 6.45) is 4.13. The molecule has 0 aliphatic rings. The van der Waals surface area contributed by atoms with Crippen LogP contribution in [0.15, 0.2) is 54.9 Å². The minimum absolute atomic E-state index is 0.187. The van der Waals surface area contributed by atoms with Crippen LogP contribution in [0.4, 0.5) is 16.2 Å². The molecule has 6 heteroatoms. The van der Waals surface area contributed by atoms with Crippen LogP contribution in [0.25, 0.3) is 0 Å². The van der Waals surface area contributed by atoms with Crippen LogP contribution in [0.2, 0.25) is 0 Å². The highest BCUT2D eigenvalue weighted by Gasteiger charge is 2.04. The third-order valence-electron chi connectivity index (χ3n) is 3.69. The summed E-state index contributed by atoms with van der Waals surface area (Å²) < 4.78 is 13.6. The molecular weight excluding hydrogens is 317 g/mol. The van der Waals surface area contributed by atoms with E-state index in [9.17, 15) is 4.39 Å². The van der Waals surface area contributed by atoms with E-state index in [0.717, 1.165) is 17.1 Å². The molecule has 0 fully saturated rings. The van der Waals surface area contributed by atoms with Crippen molar-refractivity contribution in [3.8, 4) is 0 Å². The summed E-state index contributed by atoms with van der Waals surface area (Å²) in [6, 6.07) is 12.6. The van der Waals surface area contributed by atoms with E-state index >= 15 is 0 Å². The van der Waals surface area contributed by atoms with E-state index in [0.29, 0.717) is 31.0 Å². The molecule has 3 rings (SSSR count). The number of rotatable bonds is 7. The van der Waals surface area contributed by atoms with Gasteiger partial charge < -0.3 is 10.6 Å². The first-order valence-electron chi connectivity index (χ1n) is 8.16. The van der Waals surface area contributed by atoms with Crippen LogP contribution in [0.5, 0.6) is 0 Å². The Kier molecular flexibility index (Phi) is 5.51. The van der Waals surface area contributed by atoms with Gasteiger partial charge in [0.25, 0.3) is 0 Å². The number of benzene rings is 1. The van der Waals surface area contributed by atoms with Gasteiger partial charge in [0.1, 0.15) is 11.6 Å². The van der Waals surface area contributed by atoms with Gasteiger partial charge in [0.2, 0.25) is 5.95 Å². The van der Waals surface area contributed by atoms with Gasteiger partial charge in [-0.1, -0.05) is 24.3 Å². The highest BCUT2D eigenvalue weighted by molar-refractivity contribution is 5.42. The van der Waals surface area contributed by atoms with Crippen molar-refractivity contribution in [2.24, 2.45) is 0 Å². The second-order valence-corrected chi connectivity index (χ2v) is 5.70. The highest BCUT2D eigenvalue weighted by Crippen LogP contribution is 2.12. The van der Waals surface area contributed by atoms with Crippen LogP contribution in [0.1, 0.15) is 16.8 Å². The minimum atomic E-state index is -0.187. The number of anilines is 2. The Morgan fingerprint density at radius 2 is 1.92 bits per heavy atom. The van der Waals surface area contributed by atoms with Crippen LogP contribution in [-0.2, 0) is 13.0 Å². The molecule has 1 aromatic carbocycles. The molecule has 2 aromatic heterocycles. The van der Waals surface area contributed by atoms with Crippen LogP contribution < -0.4 is 10.6 Å². The van der Waals surface area contributed by atoms with Gasteiger partial charge in [0, 0.05) is 37.2 Å². The fraction of sp³-hybridized carbons (Fsp3) is 0.211. The van der Waals surface area contributed by atoms with Crippen molar-refractivity contribution < 1.29 is 4.39 Å². The van der Waals surface area contributed by atoms with E-state index in [1.165, 1.54) is 6.07 Å². The van der Waals surface area contributed by atoms with Gasteiger partial charge >= 0.3 is 0 Å². The third kappa shape index (κ3) is 4.97. The zero-order valence-corrected chi connectivity index (χ0v) is 14.0. The lowest BCUT2D eigenvalue weighted by Gasteiger charge is -2.10. The lowest BCUT2D eigenvalue weighted by Crippen LogP contribution is -2.11. The van der Waals surface area contributed by atoms with Crippen molar-refractivity contribution in [2.75, 3.05) is 17.2 Å². The van der Waals surface area contributed by atoms with E-state index in [1.54, 1.807) is 18.3 Å². The van der Waals surface area contributed by atoms with Gasteiger partial charge in [0.05, 0.1) is 0 Å². The van der Waals surface area contributed by atoms with E-state index in [2.05, 4.69) is 25.6 Å². The quantitative estimate of drug-likeness (QED) is 0.690. The van der Waals surface area contributed by atoms with E-state index in [4.69, 9.17) is 0 Å². The van der Waals surface area contributed by atoms with Gasteiger partial charge in [-0.2, -0.15) is 4.98 Å². The molecule has 128 valence electrons. The number of nitrogens with one attached hydrogen (secondary N) is 2. The van der Waals surface area contributed by atoms with Crippen LogP contribution in [0, 0.1) is 12.7 Å². The molecule has 0 spiro atoms.